The summed E-state index contributed by atoms with van der Waals surface area (Å²) in [5.41, 5.74) is 0.961. The molecule has 0 aliphatic carbocycles. The van der Waals surface area contributed by atoms with Crippen LogP contribution in [0.25, 0.3) is 0 Å². The molecule has 0 aromatic carbocycles. The van der Waals surface area contributed by atoms with Crippen molar-refractivity contribution < 1.29 is 4.79 Å². The molecule has 5 heteroatoms. The SMILES string of the molecule is CC1(C(=O)N2CCCC(c3ccn[nH]3)C2)CCNC1. The summed E-state index contributed by atoms with van der Waals surface area (Å²) >= 11 is 0. The van der Waals surface area contributed by atoms with Crippen molar-refractivity contribution >= 4 is 5.91 Å². The van der Waals surface area contributed by atoms with Gasteiger partial charge in [-0.15, -0.1) is 0 Å². The van der Waals surface area contributed by atoms with E-state index in [-0.39, 0.29) is 5.41 Å². The van der Waals surface area contributed by atoms with E-state index in [9.17, 15) is 4.79 Å². The van der Waals surface area contributed by atoms with E-state index in [0.717, 1.165) is 51.1 Å². The number of H-pyrrole nitrogens is 1. The summed E-state index contributed by atoms with van der Waals surface area (Å²) in [4.78, 5) is 14.8. The highest BCUT2D eigenvalue weighted by Gasteiger charge is 2.40. The van der Waals surface area contributed by atoms with Crippen LogP contribution in [-0.4, -0.2) is 47.2 Å². The van der Waals surface area contributed by atoms with Gasteiger partial charge in [-0.25, -0.2) is 0 Å². The molecule has 0 saturated carbocycles. The first-order chi connectivity index (χ1) is 9.19. The molecule has 2 aliphatic heterocycles. The Balaban J connectivity index is 1.69. The molecular weight excluding hydrogens is 240 g/mol. The first-order valence-corrected chi connectivity index (χ1v) is 7.18. The molecule has 0 bridgehead atoms. The number of nitrogens with zero attached hydrogens (tertiary/aromatic N) is 2. The van der Waals surface area contributed by atoms with Gasteiger partial charge in [-0.05, 0) is 38.8 Å². The zero-order valence-corrected chi connectivity index (χ0v) is 11.5. The van der Waals surface area contributed by atoms with E-state index in [1.807, 2.05) is 6.07 Å². The predicted octanol–water partition coefficient (Wildman–Crippen LogP) is 1.12. The van der Waals surface area contributed by atoms with E-state index in [4.69, 9.17) is 0 Å². The fourth-order valence-electron chi connectivity index (χ4n) is 3.29. The lowest BCUT2D eigenvalue weighted by molar-refractivity contribution is -0.141. The molecule has 1 amide bonds. The average Bonchev–Trinajstić information content (AvgIpc) is 3.10. The maximum Gasteiger partial charge on any atom is 0.229 e. The second-order valence-corrected chi connectivity index (χ2v) is 6.09. The molecular formula is C14H22N4O. The Bertz CT molecular complexity index is 436. The Morgan fingerprint density at radius 3 is 3.16 bits per heavy atom. The monoisotopic (exact) mass is 262 g/mol. The minimum atomic E-state index is -0.199. The van der Waals surface area contributed by atoms with Crippen molar-refractivity contribution in [2.45, 2.75) is 32.1 Å². The molecule has 2 N–H and O–H groups in total. The molecule has 3 rings (SSSR count). The number of aromatic nitrogens is 2. The lowest BCUT2D eigenvalue weighted by Crippen LogP contribution is -2.47. The van der Waals surface area contributed by atoms with Gasteiger partial charge in [0.2, 0.25) is 5.91 Å². The third kappa shape index (κ3) is 2.39. The van der Waals surface area contributed by atoms with Gasteiger partial charge < -0.3 is 10.2 Å². The maximum absolute atomic E-state index is 12.7. The molecule has 104 valence electrons. The number of carbonyl (C=O) groups is 1. The van der Waals surface area contributed by atoms with Crippen LogP contribution in [-0.2, 0) is 4.79 Å². The quantitative estimate of drug-likeness (QED) is 0.839. The van der Waals surface area contributed by atoms with Gasteiger partial charge >= 0.3 is 0 Å². The van der Waals surface area contributed by atoms with Gasteiger partial charge in [0.1, 0.15) is 0 Å². The lowest BCUT2D eigenvalue weighted by Gasteiger charge is -2.37. The van der Waals surface area contributed by atoms with Crippen LogP contribution in [0.4, 0.5) is 0 Å². The highest BCUT2D eigenvalue weighted by Crippen LogP contribution is 2.31. The van der Waals surface area contributed by atoms with Crippen molar-refractivity contribution in [3.63, 3.8) is 0 Å². The zero-order chi connectivity index (χ0) is 13.3. The van der Waals surface area contributed by atoms with Crippen LogP contribution in [0.2, 0.25) is 0 Å². The van der Waals surface area contributed by atoms with Crippen molar-refractivity contribution in [2.24, 2.45) is 5.41 Å². The molecule has 2 saturated heterocycles. The van der Waals surface area contributed by atoms with E-state index < -0.39 is 0 Å². The number of aromatic amines is 1. The fourth-order valence-corrected chi connectivity index (χ4v) is 3.29. The minimum absolute atomic E-state index is 0.199. The molecule has 0 radical (unpaired) electrons. The number of rotatable bonds is 2. The third-order valence-corrected chi connectivity index (χ3v) is 4.56. The van der Waals surface area contributed by atoms with Crippen molar-refractivity contribution in [3.05, 3.63) is 18.0 Å². The predicted molar refractivity (Wildman–Crippen MR) is 72.7 cm³/mol. The number of piperidine rings is 1. The number of hydrogen-bond donors (Lipinski definition) is 2. The second kappa shape index (κ2) is 4.96. The van der Waals surface area contributed by atoms with Crippen LogP contribution in [0.3, 0.4) is 0 Å². The number of amides is 1. The van der Waals surface area contributed by atoms with Crippen molar-refractivity contribution in [3.8, 4) is 0 Å². The summed E-state index contributed by atoms with van der Waals surface area (Å²) in [6.45, 7) is 5.60. The molecule has 0 spiro atoms. The van der Waals surface area contributed by atoms with Crippen LogP contribution in [0, 0.1) is 5.41 Å². The summed E-state index contributed by atoms with van der Waals surface area (Å²) < 4.78 is 0. The summed E-state index contributed by atoms with van der Waals surface area (Å²) in [5, 5.41) is 10.4. The van der Waals surface area contributed by atoms with Crippen LogP contribution < -0.4 is 5.32 Å². The van der Waals surface area contributed by atoms with Gasteiger partial charge in [0.05, 0.1) is 5.41 Å². The van der Waals surface area contributed by atoms with E-state index in [0.29, 0.717) is 11.8 Å². The molecule has 1 aromatic heterocycles. The average molecular weight is 262 g/mol. The largest absolute Gasteiger partial charge is 0.342 e. The molecule has 3 heterocycles. The Labute approximate surface area is 113 Å². The van der Waals surface area contributed by atoms with Gasteiger partial charge in [-0.2, -0.15) is 5.10 Å². The Morgan fingerprint density at radius 2 is 2.47 bits per heavy atom. The molecule has 2 fully saturated rings. The number of nitrogens with one attached hydrogen (secondary N) is 2. The minimum Gasteiger partial charge on any atom is -0.342 e. The van der Waals surface area contributed by atoms with Gasteiger partial charge in [-0.1, -0.05) is 0 Å². The number of hydrogen-bond acceptors (Lipinski definition) is 3. The molecule has 5 nitrogen and oxygen atoms in total. The van der Waals surface area contributed by atoms with Crippen molar-refractivity contribution in [1.82, 2.24) is 20.4 Å². The van der Waals surface area contributed by atoms with Crippen molar-refractivity contribution in [2.75, 3.05) is 26.2 Å². The summed E-state index contributed by atoms with van der Waals surface area (Å²) in [7, 11) is 0. The first kappa shape index (κ1) is 12.7. The van der Waals surface area contributed by atoms with Crippen LogP contribution >= 0.6 is 0 Å². The second-order valence-electron chi connectivity index (χ2n) is 6.09. The van der Waals surface area contributed by atoms with E-state index in [1.54, 1.807) is 6.20 Å². The topological polar surface area (TPSA) is 61.0 Å². The number of carbonyl (C=O) groups excluding carboxylic acids is 1. The molecule has 1 aromatic rings. The standard InChI is InChI=1S/C14H22N4O/c1-14(5-7-15-10-14)13(19)18-8-2-3-11(9-18)12-4-6-16-17-12/h4,6,11,15H,2-3,5,7-10H2,1H3,(H,16,17). The summed E-state index contributed by atoms with van der Waals surface area (Å²) in [6.07, 6.45) is 4.97. The number of likely N-dealkylation sites (tertiary alicyclic amines) is 1. The van der Waals surface area contributed by atoms with Gasteiger partial charge in [0.25, 0.3) is 0 Å². The highest BCUT2D eigenvalue weighted by molar-refractivity contribution is 5.83. The lowest BCUT2D eigenvalue weighted by atomic mass is 9.86. The van der Waals surface area contributed by atoms with E-state index in [2.05, 4.69) is 27.3 Å². The summed E-state index contributed by atoms with van der Waals surface area (Å²) in [5.74, 6) is 0.736. The van der Waals surface area contributed by atoms with Crippen LogP contribution in [0.15, 0.2) is 12.3 Å². The maximum atomic E-state index is 12.7. The fraction of sp³-hybridized carbons (Fsp3) is 0.714. The smallest absolute Gasteiger partial charge is 0.229 e. The van der Waals surface area contributed by atoms with E-state index >= 15 is 0 Å². The van der Waals surface area contributed by atoms with Crippen LogP contribution in [0.5, 0.6) is 0 Å². The van der Waals surface area contributed by atoms with Gasteiger partial charge in [0, 0.05) is 37.4 Å². The normalized spacial score (nSPS) is 31.6. The molecule has 19 heavy (non-hydrogen) atoms. The molecule has 2 atom stereocenters. The third-order valence-electron chi connectivity index (χ3n) is 4.56. The van der Waals surface area contributed by atoms with Gasteiger partial charge in [0.15, 0.2) is 0 Å². The Morgan fingerprint density at radius 1 is 1.58 bits per heavy atom. The Kier molecular flexibility index (Phi) is 3.31. The molecule has 2 aliphatic rings. The zero-order valence-electron chi connectivity index (χ0n) is 11.5. The van der Waals surface area contributed by atoms with Gasteiger partial charge in [-0.3, -0.25) is 9.89 Å². The molecule has 2 unspecified atom stereocenters. The first-order valence-electron chi connectivity index (χ1n) is 7.18. The van der Waals surface area contributed by atoms with Crippen molar-refractivity contribution in [1.29, 1.82) is 0 Å². The Hall–Kier alpha value is -1.36. The van der Waals surface area contributed by atoms with E-state index in [1.165, 1.54) is 0 Å². The van der Waals surface area contributed by atoms with Crippen LogP contribution in [0.1, 0.15) is 37.8 Å². The highest BCUT2D eigenvalue weighted by atomic mass is 16.2. The summed E-state index contributed by atoms with van der Waals surface area (Å²) in [6, 6.07) is 2.03.